The Morgan fingerprint density at radius 3 is 2.57 bits per heavy atom. The largest absolute Gasteiger partial charge is 0.481 e. The van der Waals surface area contributed by atoms with Crippen molar-refractivity contribution in [1.29, 1.82) is 0 Å². The molecule has 1 fully saturated rings. The molecule has 1 N–H and O–H groups in total. The van der Waals surface area contributed by atoms with Gasteiger partial charge in [-0.3, -0.25) is 9.69 Å². The van der Waals surface area contributed by atoms with Crippen molar-refractivity contribution in [3.63, 3.8) is 0 Å². The molecule has 1 aliphatic heterocycles. The number of rotatable bonds is 5. The Morgan fingerprint density at radius 2 is 2.05 bits per heavy atom. The molecule has 2 rings (SSSR count). The fourth-order valence-corrected chi connectivity index (χ4v) is 3.44. The fourth-order valence-electron chi connectivity index (χ4n) is 3.44. The molecule has 0 aliphatic carbocycles. The molecule has 1 aromatic rings. The highest BCUT2D eigenvalue weighted by Crippen LogP contribution is 2.38. The zero-order valence-corrected chi connectivity index (χ0v) is 12.8. The van der Waals surface area contributed by atoms with Gasteiger partial charge in [0.15, 0.2) is 0 Å². The van der Waals surface area contributed by atoms with Gasteiger partial charge in [-0.15, -0.1) is 0 Å². The van der Waals surface area contributed by atoms with Crippen molar-refractivity contribution in [2.45, 2.75) is 45.6 Å². The third-order valence-electron chi connectivity index (χ3n) is 4.82. The van der Waals surface area contributed by atoms with Crippen LogP contribution < -0.4 is 0 Å². The maximum Gasteiger partial charge on any atom is 0.310 e. The van der Waals surface area contributed by atoms with Crippen LogP contribution in [0, 0.1) is 11.2 Å². The minimum absolute atomic E-state index is 0.163. The first-order chi connectivity index (χ1) is 10.0. The van der Waals surface area contributed by atoms with Crippen LogP contribution >= 0.6 is 0 Å². The summed E-state index contributed by atoms with van der Waals surface area (Å²) >= 11 is 0. The summed E-state index contributed by atoms with van der Waals surface area (Å²) in [5.41, 5.74) is 0.433. The third kappa shape index (κ3) is 3.26. The molecular weight excluding hydrogens is 269 g/mol. The summed E-state index contributed by atoms with van der Waals surface area (Å²) < 4.78 is 13.1. The number of carboxylic acids is 1. The first-order valence-electron chi connectivity index (χ1n) is 7.75. The van der Waals surface area contributed by atoms with Crippen LogP contribution in [0.4, 0.5) is 4.39 Å². The average molecular weight is 293 g/mol. The van der Waals surface area contributed by atoms with Crippen LogP contribution in [-0.4, -0.2) is 29.1 Å². The monoisotopic (exact) mass is 293 g/mol. The van der Waals surface area contributed by atoms with Crippen LogP contribution in [0.5, 0.6) is 0 Å². The van der Waals surface area contributed by atoms with Gasteiger partial charge < -0.3 is 5.11 Å². The van der Waals surface area contributed by atoms with E-state index >= 15 is 0 Å². The van der Waals surface area contributed by atoms with Crippen LogP contribution in [0.15, 0.2) is 24.3 Å². The molecule has 0 bridgehead atoms. The standard InChI is InChI=1S/C17H24FNO2/c1-3-15(13-6-8-14(18)9-7-13)19-11-5-10-17(4-2,12-19)16(20)21/h6-9,15H,3-5,10-12H2,1-2H3,(H,20,21). The lowest BCUT2D eigenvalue weighted by atomic mass is 9.77. The van der Waals surface area contributed by atoms with Crippen molar-refractivity contribution < 1.29 is 14.3 Å². The number of aliphatic carboxylic acids is 1. The minimum atomic E-state index is -0.691. The fraction of sp³-hybridized carbons (Fsp3) is 0.588. The molecule has 21 heavy (non-hydrogen) atoms. The molecule has 2 atom stereocenters. The highest BCUT2D eigenvalue weighted by Gasteiger charge is 2.42. The second-order valence-corrected chi connectivity index (χ2v) is 5.99. The summed E-state index contributed by atoms with van der Waals surface area (Å²) in [6.45, 7) is 5.53. The lowest BCUT2D eigenvalue weighted by Crippen LogP contribution is -2.48. The molecule has 2 unspecified atom stereocenters. The maximum atomic E-state index is 13.1. The van der Waals surface area contributed by atoms with Gasteiger partial charge in [-0.25, -0.2) is 4.39 Å². The summed E-state index contributed by atoms with van der Waals surface area (Å²) in [6.07, 6.45) is 3.19. The number of piperidine rings is 1. The molecule has 1 saturated heterocycles. The average Bonchev–Trinajstić information content (AvgIpc) is 2.50. The Kier molecular flexibility index (Phi) is 4.99. The van der Waals surface area contributed by atoms with Gasteiger partial charge in [-0.2, -0.15) is 0 Å². The zero-order chi connectivity index (χ0) is 15.5. The first kappa shape index (κ1) is 16.0. The van der Waals surface area contributed by atoms with E-state index in [-0.39, 0.29) is 11.9 Å². The van der Waals surface area contributed by atoms with E-state index in [1.807, 2.05) is 19.1 Å². The van der Waals surface area contributed by atoms with E-state index in [0.29, 0.717) is 13.0 Å². The molecule has 4 heteroatoms. The Balaban J connectivity index is 2.22. The van der Waals surface area contributed by atoms with E-state index in [9.17, 15) is 14.3 Å². The van der Waals surface area contributed by atoms with Gasteiger partial charge in [0.1, 0.15) is 5.82 Å². The van der Waals surface area contributed by atoms with E-state index in [0.717, 1.165) is 31.4 Å². The molecule has 0 amide bonds. The Morgan fingerprint density at radius 1 is 1.38 bits per heavy atom. The molecule has 1 heterocycles. The lowest BCUT2D eigenvalue weighted by molar-refractivity contribution is -0.153. The topological polar surface area (TPSA) is 40.5 Å². The van der Waals surface area contributed by atoms with Crippen LogP contribution in [-0.2, 0) is 4.79 Å². The van der Waals surface area contributed by atoms with Gasteiger partial charge in [0.05, 0.1) is 5.41 Å². The molecular formula is C17H24FNO2. The van der Waals surface area contributed by atoms with Crippen molar-refractivity contribution in [1.82, 2.24) is 4.90 Å². The molecule has 1 aromatic carbocycles. The van der Waals surface area contributed by atoms with Crippen LogP contribution in [0.25, 0.3) is 0 Å². The first-order valence-corrected chi connectivity index (χ1v) is 7.75. The highest BCUT2D eigenvalue weighted by atomic mass is 19.1. The molecule has 0 aromatic heterocycles. The number of nitrogens with zero attached hydrogens (tertiary/aromatic N) is 1. The van der Waals surface area contributed by atoms with Crippen molar-refractivity contribution in [3.05, 3.63) is 35.6 Å². The van der Waals surface area contributed by atoms with E-state index in [4.69, 9.17) is 0 Å². The Hall–Kier alpha value is -1.42. The number of hydrogen-bond donors (Lipinski definition) is 1. The molecule has 1 aliphatic rings. The van der Waals surface area contributed by atoms with Crippen molar-refractivity contribution in [2.24, 2.45) is 5.41 Å². The number of likely N-dealkylation sites (tertiary alicyclic amines) is 1. The van der Waals surface area contributed by atoms with Crippen molar-refractivity contribution in [2.75, 3.05) is 13.1 Å². The summed E-state index contributed by atoms with van der Waals surface area (Å²) in [5, 5.41) is 9.59. The van der Waals surface area contributed by atoms with E-state index in [2.05, 4.69) is 11.8 Å². The number of halogens is 1. The zero-order valence-electron chi connectivity index (χ0n) is 12.8. The van der Waals surface area contributed by atoms with Gasteiger partial charge in [0.25, 0.3) is 0 Å². The Labute approximate surface area is 125 Å². The van der Waals surface area contributed by atoms with Crippen LogP contribution in [0.1, 0.15) is 51.1 Å². The third-order valence-corrected chi connectivity index (χ3v) is 4.82. The SMILES string of the molecule is CCC(c1ccc(F)cc1)N1CCCC(CC)(C(=O)O)C1. The minimum Gasteiger partial charge on any atom is -0.481 e. The molecule has 3 nitrogen and oxygen atoms in total. The van der Waals surface area contributed by atoms with Crippen molar-refractivity contribution in [3.8, 4) is 0 Å². The van der Waals surface area contributed by atoms with E-state index in [1.54, 1.807) is 0 Å². The van der Waals surface area contributed by atoms with Gasteiger partial charge in [0, 0.05) is 12.6 Å². The van der Waals surface area contributed by atoms with Crippen molar-refractivity contribution >= 4 is 5.97 Å². The molecule has 116 valence electrons. The van der Waals surface area contributed by atoms with E-state index < -0.39 is 11.4 Å². The molecule has 0 saturated carbocycles. The second-order valence-electron chi connectivity index (χ2n) is 5.99. The maximum absolute atomic E-state index is 13.1. The van der Waals surface area contributed by atoms with Gasteiger partial charge in [-0.1, -0.05) is 26.0 Å². The summed E-state index contributed by atoms with van der Waals surface area (Å²) in [6, 6.07) is 6.74. The Bertz CT molecular complexity index is 488. The normalized spacial score (nSPS) is 24.7. The summed E-state index contributed by atoms with van der Waals surface area (Å²) in [5.74, 6) is -0.927. The van der Waals surface area contributed by atoms with Gasteiger partial charge >= 0.3 is 5.97 Å². The molecule has 0 spiro atoms. The van der Waals surface area contributed by atoms with E-state index in [1.165, 1.54) is 12.1 Å². The van der Waals surface area contributed by atoms with Gasteiger partial charge in [-0.05, 0) is 49.9 Å². The predicted octanol–water partition coefficient (Wildman–Crippen LogP) is 3.85. The van der Waals surface area contributed by atoms with Gasteiger partial charge in [0.2, 0.25) is 0 Å². The number of carboxylic acid groups (broad SMARTS) is 1. The quantitative estimate of drug-likeness (QED) is 0.896. The number of benzene rings is 1. The highest BCUT2D eigenvalue weighted by molar-refractivity contribution is 5.75. The summed E-state index contributed by atoms with van der Waals surface area (Å²) in [7, 11) is 0. The lowest BCUT2D eigenvalue weighted by Gasteiger charge is -2.43. The predicted molar refractivity (Wildman–Crippen MR) is 80.6 cm³/mol. The van der Waals surface area contributed by atoms with Crippen LogP contribution in [0.2, 0.25) is 0 Å². The second kappa shape index (κ2) is 6.56. The van der Waals surface area contributed by atoms with Crippen LogP contribution in [0.3, 0.4) is 0 Å². The molecule has 0 radical (unpaired) electrons. The summed E-state index contributed by atoms with van der Waals surface area (Å²) in [4.78, 5) is 13.9. The number of hydrogen-bond acceptors (Lipinski definition) is 2. The smallest absolute Gasteiger partial charge is 0.310 e. The number of carbonyl (C=O) groups is 1.